The first-order valence-corrected chi connectivity index (χ1v) is 7.52. The smallest absolute Gasteiger partial charge is 0.0547 e. The molecule has 1 N–H and O–H groups in total. The highest BCUT2D eigenvalue weighted by Gasteiger charge is 2.10. The van der Waals surface area contributed by atoms with Crippen molar-refractivity contribution >= 4 is 0 Å². The van der Waals surface area contributed by atoms with E-state index in [0.29, 0.717) is 6.04 Å². The van der Waals surface area contributed by atoms with Crippen LogP contribution in [0, 0.1) is 6.92 Å². The maximum absolute atomic E-state index is 4.56. The largest absolute Gasteiger partial charge is 0.313 e. The van der Waals surface area contributed by atoms with Crippen LogP contribution in [0.1, 0.15) is 29.4 Å². The van der Waals surface area contributed by atoms with Crippen LogP contribution in [-0.4, -0.2) is 30.5 Å². The molecule has 0 saturated carbocycles. The quantitative estimate of drug-likeness (QED) is 0.846. The minimum absolute atomic E-state index is 0.402. The molecule has 1 aromatic carbocycles. The van der Waals surface area contributed by atoms with Crippen molar-refractivity contribution in [2.75, 3.05) is 20.6 Å². The minimum atomic E-state index is 0.402. The van der Waals surface area contributed by atoms with Gasteiger partial charge in [-0.3, -0.25) is 4.98 Å². The van der Waals surface area contributed by atoms with Crippen molar-refractivity contribution in [1.82, 2.24) is 15.2 Å². The Balaban J connectivity index is 1.86. The van der Waals surface area contributed by atoms with Gasteiger partial charge in [0.05, 0.1) is 5.69 Å². The lowest BCUT2D eigenvalue weighted by Gasteiger charge is -2.21. The summed E-state index contributed by atoms with van der Waals surface area (Å²) in [5.74, 6) is 0. The third-order valence-electron chi connectivity index (χ3n) is 3.73. The highest BCUT2D eigenvalue weighted by atomic mass is 15.1. The van der Waals surface area contributed by atoms with Crippen LogP contribution in [0.3, 0.4) is 0 Å². The van der Waals surface area contributed by atoms with E-state index >= 15 is 0 Å². The molecule has 0 aliphatic rings. The van der Waals surface area contributed by atoms with Gasteiger partial charge in [0, 0.05) is 24.8 Å². The van der Waals surface area contributed by atoms with Gasteiger partial charge in [0.15, 0.2) is 0 Å². The third kappa shape index (κ3) is 4.96. The Morgan fingerprint density at radius 1 is 1.10 bits per heavy atom. The summed E-state index contributed by atoms with van der Waals surface area (Å²) in [7, 11) is 4.18. The van der Waals surface area contributed by atoms with Gasteiger partial charge in [-0.1, -0.05) is 36.4 Å². The van der Waals surface area contributed by atoms with Gasteiger partial charge in [-0.25, -0.2) is 0 Å². The van der Waals surface area contributed by atoms with Crippen LogP contribution in [0.5, 0.6) is 0 Å². The summed E-state index contributed by atoms with van der Waals surface area (Å²) in [4.78, 5) is 6.89. The molecule has 1 atom stereocenters. The Morgan fingerprint density at radius 2 is 1.86 bits per heavy atom. The Kier molecular flexibility index (Phi) is 5.90. The molecule has 0 radical (unpaired) electrons. The first kappa shape index (κ1) is 15.7. The van der Waals surface area contributed by atoms with E-state index in [1.807, 2.05) is 20.0 Å². The lowest BCUT2D eigenvalue weighted by Crippen LogP contribution is -2.25. The van der Waals surface area contributed by atoms with Crippen LogP contribution in [-0.2, 0) is 6.54 Å². The van der Waals surface area contributed by atoms with E-state index in [1.165, 1.54) is 5.56 Å². The predicted octanol–water partition coefficient (Wildman–Crippen LogP) is 3.17. The molecule has 0 spiro atoms. The fraction of sp³-hybridized carbons (Fsp3) is 0.389. The standard InChI is InChI=1S/C18H25N3/c1-15-8-7-11-17(20-15)14-21(3)13-12-18(19-2)16-9-5-4-6-10-16/h4-11,18-19H,12-14H2,1-3H3. The van der Waals surface area contributed by atoms with E-state index in [0.717, 1.165) is 30.9 Å². The fourth-order valence-corrected chi connectivity index (χ4v) is 2.56. The van der Waals surface area contributed by atoms with Gasteiger partial charge in [-0.15, -0.1) is 0 Å². The lowest BCUT2D eigenvalue weighted by molar-refractivity contribution is 0.300. The van der Waals surface area contributed by atoms with Crippen LogP contribution in [0.2, 0.25) is 0 Å². The van der Waals surface area contributed by atoms with Gasteiger partial charge in [-0.05, 0) is 45.1 Å². The lowest BCUT2D eigenvalue weighted by atomic mass is 10.0. The summed E-state index contributed by atoms with van der Waals surface area (Å²) < 4.78 is 0. The zero-order valence-electron chi connectivity index (χ0n) is 13.2. The van der Waals surface area contributed by atoms with E-state index in [2.05, 4.69) is 64.7 Å². The van der Waals surface area contributed by atoms with Crippen molar-refractivity contribution in [2.24, 2.45) is 0 Å². The second kappa shape index (κ2) is 7.91. The minimum Gasteiger partial charge on any atom is -0.313 e. The molecule has 2 aromatic rings. The summed E-state index contributed by atoms with van der Waals surface area (Å²) in [5, 5.41) is 3.40. The average Bonchev–Trinajstić information content (AvgIpc) is 2.49. The number of hydrogen-bond acceptors (Lipinski definition) is 3. The van der Waals surface area contributed by atoms with E-state index < -0.39 is 0 Å². The molecule has 0 saturated heterocycles. The number of nitrogens with zero attached hydrogens (tertiary/aromatic N) is 2. The second-order valence-electron chi connectivity index (χ2n) is 5.55. The molecular formula is C18H25N3. The molecule has 3 heteroatoms. The topological polar surface area (TPSA) is 28.2 Å². The molecule has 112 valence electrons. The zero-order chi connectivity index (χ0) is 15.1. The number of aryl methyl sites for hydroxylation is 1. The predicted molar refractivity (Wildman–Crippen MR) is 88.2 cm³/mol. The first-order valence-electron chi connectivity index (χ1n) is 7.52. The molecule has 1 aromatic heterocycles. The summed E-state index contributed by atoms with van der Waals surface area (Å²) in [5.41, 5.74) is 3.57. The van der Waals surface area contributed by atoms with Gasteiger partial charge in [-0.2, -0.15) is 0 Å². The van der Waals surface area contributed by atoms with Crippen LogP contribution in [0.15, 0.2) is 48.5 Å². The highest BCUT2D eigenvalue weighted by Crippen LogP contribution is 2.16. The number of rotatable bonds is 7. The number of benzene rings is 1. The van der Waals surface area contributed by atoms with Gasteiger partial charge < -0.3 is 10.2 Å². The van der Waals surface area contributed by atoms with Crippen molar-refractivity contribution in [3.63, 3.8) is 0 Å². The third-order valence-corrected chi connectivity index (χ3v) is 3.73. The van der Waals surface area contributed by atoms with Crippen molar-refractivity contribution in [2.45, 2.75) is 25.9 Å². The van der Waals surface area contributed by atoms with Crippen LogP contribution >= 0.6 is 0 Å². The van der Waals surface area contributed by atoms with Gasteiger partial charge in [0.25, 0.3) is 0 Å². The van der Waals surface area contributed by atoms with E-state index in [1.54, 1.807) is 0 Å². The summed E-state index contributed by atoms with van der Waals surface area (Å²) >= 11 is 0. The molecule has 0 bridgehead atoms. The van der Waals surface area contributed by atoms with Gasteiger partial charge in [0.2, 0.25) is 0 Å². The molecular weight excluding hydrogens is 258 g/mol. The highest BCUT2D eigenvalue weighted by molar-refractivity contribution is 5.18. The number of pyridine rings is 1. The first-order chi connectivity index (χ1) is 10.2. The van der Waals surface area contributed by atoms with Crippen LogP contribution in [0.25, 0.3) is 0 Å². The van der Waals surface area contributed by atoms with Crippen molar-refractivity contribution in [1.29, 1.82) is 0 Å². The Morgan fingerprint density at radius 3 is 2.52 bits per heavy atom. The van der Waals surface area contributed by atoms with Crippen molar-refractivity contribution in [3.05, 3.63) is 65.5 Å². The molecule has 2 rings (SSSR count). The molecule has 0 aliphatic heterocycles. The number of nitrogens with one attached hydrogen (secondary N) is 1. The maximum atomic E-state index is 4.56. The van der Waals surface area contributed by atoms with Crippen molar-refractivity contribution in [3.8, 4) is 0 Å². The Bertz CT molecular complexity index is 539. The summed E-state index contributed by atoms with van der Waals surface area (Å²) in [6.45, 7) is 3.97. The second-order valence-corrected chi connectivity index (χ2v) is 5.55. The van der Waals surface area contributed by atoms with Crippen LogP contribution < -0.4 is 5.32 Å². The van der Waals surface area contributed by atoms with Gasteiger partial charge >= 0.3 is 0 Å². The summed E-state index contributed by atoms with van der Waals surface area (Å²) in [6.07, 6.45) is 1.09. The van der Waals surface area contributed by atoms with E-state index in [9.17, 15) is 0 Å². The molecule has 0 fully saturated rings. The van der Waals surface area contributed by atoms with Gasteiger partial charge in [0.1, 0.15) is 0 Å². The molecule has 0 aliphatic carbocycles. The monoisotopic (exact) mass is 283 g/mol. The molecule has 1 heterocycles. The molecule has 0 amide bonds. The SMILES string of the molecule is CNC(CCN(C)Cc1cccc(C)n1)c1ccccc1. The van der Waals surface area contributed by atoms with Crippen molar-refractivity contribution < 1.29 is 0 Å². The molecule has 1 unspecified atom stereocenters. The van der Waals surface area contributed by atoms with E-state index in [4.69, 9.17) is 0 Å². The Labute approximate surface area is 128 Å². The maximum Gasteiger partial charge on any atom is 0.0547 e. The average molecular weight is 283 g/mol. The zero-order valence-corrected chi connectivity index (χ0v) is 13.2. The van der Waals surface area contributed by atoms with Crippen LogP contribution in [0.4, 0.5) is 0 Å². The molecule has 3 nitrogen and oxygen atoms in total. The fourth-order valence-electron chi connectivity index (χ4n) is 2.56. The number of hydrogen-bond donors (Lipinski definition) is 1. The normalized spacial score (nSPS) is 12.6. The Hall–Kier alpha value is -1.71. The molecule has 21 heavy (non-hydrogen) atoms. The summed E-state index contributed by atoms with van der Waals surface area (Å²) in [6, 6.07) is 17.2. The van der Waals surface area contributed by atoms with E-state index in [-0.39, 0.29) is 0 Å². The number of aromatic nitrogens is 1.